The molecule has 1 aromatic heterocycles. The van der Waals surface area contributed by atoms with Crippen LogP contribution in [0, 0.1) is 6.92 Å². The fourth-order valence-electron chi connectivity index (χ4n) is 1.52. The van der Waals surface area contributed by atoms with Gasteiger partial charge in [-0.25, -0.2) is 0 Å². The molecule has 0 atom stereocenters. The summed E-state index contributed by atoms with van der Waals surface area (Å²) in [4.78, 5) is 5.27. The molecule has 0 amide bonds. The maximum Gasteiger partial charge on any atom is 0.264 e. The van der Waals surface area contributed by atoms with Gasteiger partial charge in [0.15, 0.2) is 0 Å². The van der Waals surface area contributed by atoms with E-state index in [0.29, 0.717) is 0 Å². The molecule has 2 nitrogen and oxygen atoms in total. The van der Waals surface area contributed by atoms with Gasteiger partial charge < -0.3 is 0 Å². The number of pyridine rings is 1. The van der Waals surface area contributed by atoms with Crippen LogP contribution < -0.4 is 9.57 Å². The van der Waals surface area contributed by atoms with Crippen molar-refractivity contribution in [3.8, 4) is 0 Å². The number of para-hydroxylation sites is 1. The number of hydrogen-bond donors (Lipinski definition) is 0. The zero-order valence-corrected chi connectivity index (χ0v) is 7.82. The van der Waals surface area contributed by atoms with Crippen molar-refractivity contribution in [1.29, 1.82) is 0 Å². The Hall–Kier alpha value is -1.57. The summed E-state index contributed by atoms with van der Waals surface area (Å²) in [7, 11) is 1.68. The Labute approximate surface area is 77.3 Å². The summed E-state index contributed by atoms with van der Waals surface area (Å²) in [6, 6.07) is 12.3. The summed E-state index contributed by atoms with van der Waals surface area (Å²) in [6.07, 6.45) is 0. The third-order valence-corrected chi connectivity index (χ3v) is 2.16. The molecule has 0 saturated heterocycles. The minimum Gasteiger partial charge on any atom is -0.274 e. The minimum atomic E-state index is 1.10. The van der Waals surface area contributed by atoms with Gasteiger partial charge >= 0.3 is 0 Å². The minimum absolute atomic E-state index is 1.10. The molecule has 0 spiro atoms. The van der Waals surface area contributed by atoms with E-state index in [2.05, 4.69) is 12.1 Å². The Morgan fingerprint density at radius 1 is 1.08 bits per heavy atom. The zero-order chi connectivity index (χ0) is 9.26. The van der Waals surface area contributed by atoms with Gasteiger partial charge in [0.05, 0.1) is 5.39 Å². The van der Waals surface area contributed by atoms with Crippen molar-refractivity contribution in [2.75, 3.05) is 7.11 Å². The fraction of sp³-hybridized carbons (Fsp3) is 0.182. The topological polar surface area (TPSA) is 13.1 Å². The first-order chi connectivity index (χ1) is 6.33. The number of aryl methyl sites for hydroxylation is 1. The van der Waals surface area contributed by atoms with Crippen molar-refractivity contribution in [2.24, 2.45) is 0 Å². The van der Waals surface area contributed by atoms with Gasteiger partial charge in [0.1, 0.15) is 7.11 Å². The molecule has 0 aliphatic heterocycles. The lowest BCUT2D eigenvalue weighted by atomic mass is 10.2. The first kappa shape index (κ1) is 8.05. The molecule has 1 aromatic carbocycles. The van der Waals surface area contributed by atoms with Gasteiger partial charge in [-0.15, -0.1) is 0 Å². The van der Waals surface area contributed by atoms with Gasteiger partial charge in [-0.1, -0.05) is 12.1 Å². The van der Waals surface area contributed by atoms with E-state index in [4.69, 9.17) is 4.84 Å². The molecule has 13 heavy (non-hydrogen) atoms. The molecule has 0 N–H and O–H groups in total. The predicted molar refractivity (Wildman–Crippen MR) is 51.4 cm³/mol. The Morgan fingerprint density at radius 2 is 1.85 bits per heavy atom. The van der Waals surface area contributed by atoms with Crippen molar-refractivity contribution < 1.29 is 9.57 Å². The second kappa shape index (κ2) is 3.05. The zero-order valence-electron chi connectivity index (χ0n) is 7.82. The Balaban J connectivity index is 2.84. The Morgan fingerprint density at radius 3 is 2.62 bits per heavy atom. The first-order valence-corrected chi connectivity index (χ1v) is 4.28. The highest BCUT2D eigenvalue weighted by molar-refractivity contribution is 5.75. The Bertz CT molecular complexity index is 437. The average molecular weight is 174 g/mol. The molecule has 0 aliphatic carbocycles. The van der Waals surface area contributed by atoms with Crippen molar-refractivity contribution in [3.05, 3.63) is 42.1 Å². The smallest absolute Gasteiger partial charge is 0.264 e. The highest BCUT2D eigenvalue weighted by Gasteiger charge is 2.11. The van der Waals surface area contributed by atoms with E-state index in [0.717, 1.165) is 11.2 Å². The van der Waals surface area contributed by atoms with Crippen LogP contribution in [0.3, 0.4) is 0 Å². The SMILES string of the molecule is CO[n+]1c(C)ccc2ccccc21. The van der Waals surface area contributed by atoms with E-state index in [1.54, 1.807) is 7.11 Å². The summed E-state index contributed by atoms with van der Waals surface area (Å²) in [5, 5.41) is 1.19. The van der Waals surface area contributed by atoms with Gasteiger partial charge in [0.2, 0.25) is 5.69 Å². The van der Waals surface area contributed by atoms with Crippen LogP contribution in [-0.4, -0.2) is 7.11 Å². The monoisotopic (exact) mass is 174 g/mol. The molecule has 2 heteroatoms. The summed E-state index contributed by atoms with van der Waals surface area (Å²) >= 11 is 0. The lowest BCUT2D eigenvalue weighted by molar-refractivity contribution is -0.869. The molecule has 0 unspecified atom stereocenters. The largest absolute Gasteiger partial charge is 0.274 e. The van der Waals surface area contributed by atoms with Crippen molar-refractivity contribution >= 4 is 10.9 Å². The lowest BCUT2D eigenvalue weighted by Crippen LogP contribution is -2.43. The number of rotatable bonds is 1. The second-order valence-electron chi connectivity index (χ2n) is 3.01. The number of nitrogens with zero attached hydrogens (tertiary/aromatic N) is 1. The second-order valence-corrected chi connectivity index (χ2v) is 3.01. The van der Waals surface area contributed by atoms with Crippen molar-refractivity contribution in [3.63, 3.8) is 0 Å². The van der Waals surface area contributed by atoms with Crippen LogP contribution in [0.1, 0.15) is 5.69 Å². The molecular weight excluding hydrogens is 162 g/mol. The normalized spacial score (nSPS) is 10.3. The van der Waals surface area contributed by atoms with E-state index < -0.39 is 0 Å². The molecule has 2 aromatic rings. The third kappa shape index (κ3) is 1.24. The summed E-state index contributed by atoms with van der Waals surface area (Å²) < 4.78 is 1.83. The number of hydrogen-bond acceptors (Lipinski definition) is 1. The number of fused-ring (bicyclic) bond motifs is 1. The van der Waals surface area contributed by atoms with Crippen LogP contribution in [0.15, 0.2) is 36.4 Å². The Kier molecular flexibility index (Phi) is 1.89. The van der Waals surface area contributed by atoms with Crippen LogP contribution in [0.2, 0.25) is 0 Å². The summed E-state index contributed by atoms with van der Waals surface area (Å²) in [5.41, 5.74) is 2.20. The van der Waals surface area contributed by atoms with E-state index in [9.17, 15) is 0 Å². The van der Waals surface area contributed by atoms with E-state index in [1.165, 1.54) is 5.39 Å². The average Bonchev–Trinajstić information content (AvgIpc) is 2.18. The lowest BCUT2D eigenvalue weighted by Gasteiger charge is -1.99. The third-order valence-electron chi connectivity index (χ3n) is 2.16. The molecular formula is C11H12NO+. The molecule has 0 radical (unpaired) electrons. The van der Waals surface area contributed by atoms with Crippen LogP contribution in [0.5, 0.6) is 0 Å². The maximum atomic E-state index is 5.27. The quantitative estimate of drug-likeness (QED) is 0.597. The van der Waals surface area contributed by atoms with Crippen LogP contribution in [0.25, 0.3) is 10.9 Å². The van der Waals surface area contributed by atoms with Crippen molar-refractivity contribution in [1.82, 2.24) is 0 Å². The molecule has 1 heterocycles. The molecule has 0 fully saturated rings. The summed E-state index contributed by atoms with van der Waals surface area (Å²) in [6.45, 7) is 2.02. The maximum absolute atomic E-state index is 5.27. The van der Waals surface area contributed by atoms with Crippen molar-refractivity contribution in [2.45, 2.75) is 6.92 Å². The fourth-order valence-corrected chi connectivity index (χ4v) is 1.52. The predicted octanol–water partition coefficient (Wildman–Crippen LogP) is 1.49. The molecule has 66 valence electrons. The van der Waals surface area contributed by atoms with Gasteiger partial charge in [-0.2, -0.15) is 0 Å². The number of aromatic nitrogens is 1. The van der Waals surface area contributed by atoms with Gasteiger partial charge in [0.25, 0.3) is 5.52 Å². The van der Waals surface area contributed by atoms with E-state index in [-0.39, 0.29) is 0 Å². The van der Waals surface area contributed by atoms with Gasteiger partial charge in [0, 0.05) is 23.8 Å². The van der Waals surface area contributed by atoms with Crippen LogP contribution in [-0.2, 0) is 0 Å². The molecule has 0 saturated carbocycles. The van der Waals surface area contributed by atoms with E-state index in [1.807, 2.05) is 35.9 Å². The summed E-state index contributed by atoms with van der Waals surface area (Å²) in [5.74, 6) is 0. The standard InChI is InChI=1S/C11H12NO/c1-9-7-8-10-5-3-4-6-11(10)12(9)13-2/h3-8H,1-2H3/q+1. The first-order valence-electron chi connectivity index (χ1n) is 4.28. The molecule has 2 rings (SSSR count). The van der Waals surface area contributed by atoms with Gasteiger partial charge in [-0.3, -0.25) is 4.84 Å². The van der Waals surface area contributed by atoms with Crippen LogP contribution in [0.4, 0.5) is 0 Å². The van der Waals surface area contributed by atoms with Crippen LogP contribution >= 0.6 is 0 Å². The highest BCUT2D eigenvalue weighted by atomic mass is 16.6. The number of benzene rings is 1. The van der Waals surface area contributed by atoms with E-state index >= 15 is 0 Å². The van der Waals surface area contributed by atoms with Gasteiger partial charge in [-0.05, 0) is 12.1 Å². The molecule has 0 bridgehead atoms. The highest BCUT2D eigenvalue weighted by Crippen LogP contribution is 2.08. The molecule has 0 aliphatic rings.